The molecular weight excluding hydrogens is 222 g/mol. The molecule has 0 spiro atoms. The summed E-state index contributed by atoms with van der Waals surface area (Å²) in [6.07, 6.45) is -3.14. The van der Waals surface area contributed by atoms with Crippen molar-refractivity contribution in [1.29, 1.82) is 0 Å². The van der Waals surface area contributed by atoms with E-state index in [2.05, 4.69) is 4.98 Å². The maximum absolute atomic E-state index is 12.7. The molecule has 0 unspecified atom stereocenters. The Labute approximate surface area is 90.1 Å². The average molecular weight is 231 g/mol. The Morgan fingerprint density at radius 1 is 1.25 bits per heavy atom. The highest BCUT2D eigenvalue weighted by atomic mass is 19.4. The van der Waals surface area contributed by atoms with Gasteiger partial charge in [-0.1, -0.05) is 6.07 Å². The summed E-state index contributed by atoms with van der Waals surface area (Å²) in [7, 11) is -1.71. The molecule has 0 saturated heterocycles. The smallest absolute Gasteiger partial charge is 0.423 e. The summed E-state index contributed by atoms with van der Waals surface area (Å²) in [5.74, 6) is 0. The van der Waals surface area contributed by atoms with Gasteiger partial charge in [-0.05, 0) is 18.9 Å². The molecule has 0 bridgehead atoms. The van der Waals surface area contributed by atoms with E-state index < -0.39 is 18.7 Å². The minimum Gasteiger partial charge on any atom is -0.423 e. The largest absolute Gasteiger partial charge is 0.490 e. The molecule has 3 nitrogen and oxygen atoms in total. The lowest BCUT2D eigenvalue weighted by Crippen LogP contribution is -2.33. The molecule has 7 heteroatoms. The predicted octanol–water partition coefficient (Wildman–Crippen LogP) is 0.355. The van der Waals surface area contributed by atoms with E-state index in [1.54, 1.807) is 0 Å². The van der Waals surface area contributed by atoms with Gasteiger partial charge >= 0.3 is 13.3 Å². The van der Waals surface area contributed by atoms with Crippen molar-refractivity contribution < 1.29 is 23.2 Å². The van der Waals surface area contributed by atoms with Gasteiger partial charge in [0.15, 0.2) is 0 Å². The van der Waals surface area contributed by atoms with Gasteiger partial charge in [-0.3, -0.25) is 4.98 Å². The van der Waals surface area contributed by atoms with E-state index in [9.17, 15) is 13.2 Å². The molecule has 1 fully saturated rings. The number of halogens is 3. The van der Waals surface area contributed by atoms with E-state index in [1.165, 1.54) is 12.1 Å². The molecule has 1 aliphatic carbocycles. The Bertz CT molecular complexity index is 387. The zero-order valence-corrected chi connectivity index (χ0v) is 8.20. The Balaban J connectivity index is 2.29. The standard InChI is InChI=1S/C9H9BF3NO2/c11-9(12,13)8(3-4-8)7-2-1-6(5-14-7)10(15)16/h1-2,5,15-16H,3-4H2. The van der Waals surface area contributed by atoms with Gasteiger partial charge in [-0.2, -0.15) is 13.2 Å². The number of nitrogens with zero attached hydrogens (tertiary/aromatic N) is 1. The number of rotatable bonds is 2. The molecule has 0 amide bonds. The van der Waals surface area contributed by atoms with E-state index in [0.717, 1.165) is 6.20 Å². The van der Waals surface area contributed by atoms with Crippen molar-refractivity contribution in [3.63, 3.8) is 0 Å². The summed E-state index contributed by atoms with van der Waals surface area (Å²) in [5, 5.41) is 17.6. The molecular formula is C9H9BF3NO2. The highest BCUT2D eigenvalue weighted by molar-refractivity contribution is 6.58. The first-order chi connectivity index (χ1) is 7.37. The van der Waals surface area contributed by atoms with Gasteiger partial charge in [0.25, 0.3) is 0 Å². The summed E-state index contributed by atoms with van der Waals surface area (Å²) in [6, 6.07) is 2.45. The molecule has 86 valence electrons. The molecule has 16 heavy (non-hydrogen) atoms. The third-order valence-corrected chi connectivity index (χ3v) is 2.87. The molecule has 2 rings (SSSR count). The fourth-order valence-electron chi connectivity index (χ4n) is 1.65. The molecule has 0 radical (unpaired) electrons. The van der Waals surface area contributed by atoms with E-state index in [1.807, 2.05) is 0 Å². The quantitative estimate of drug-likeness (QED) is 0.722. The lowest BCUT2D eigenvalue weighted by atomic mass is 9.81. The second-order valence-electron chi connectivity index (χ2n) is 3.93. The maximum Gasteiger partial charge on any atom is 0.490 e. The molecule has 1 aromatic heterocycles. The molecule has 1 heterocycles. The van der Waals surface area contributed by atoms with Gasteiger partial charge in [-0.15, -0.1) is 0 Å². The minimum atomic E-state index is -4.29. The Morgan fingerprint density at radius 3 is 2.19 bits per heavy atom. The number of hydrogen-bond donors (Lipinski definition) is 2. The molecule has 2 N–H and O–H groups in total. The summed E-state index contributed by atoms with van der Waals surface area (Å²) in [6.45, 7) is 0. The summed E-state index contributed by atoms with van der Waals surface area (Å²) >= 11 is 0. The van der Waals surface area contributed by atoms with Crippen molar-refractivity contribution >= 4 is 12.6 Å². The maximum atomic E-state index is 12.7. The van der Waals surface area contributed by atoms with Crippen LogP contribution in [0.5, 0.6) is 0 Å². The number of aromatic nitrogens is 1. The van der Waals surface area contributed by atoms with E-state index in [4.69, 9.17) is 10.0 Å². The lowest BCUT2D eigenvalue weighted by molar-refractivity contribution is -0.161. The Morgan fingerprint density at radius 2 is 1.88 bits per heavy atom. The molecule has 1 saturated carbocycles. The molecule has 1 aromatic rings. The van der Waals surface area contributed by atoms with Crippen LogP contribution in [0, 0.1) is 0 Å². The van der Waals surface area contributed by atoms with Crippen molar-refractivity contribution in [2.45, 2.75) is 24.4 Å². The summed E-state index contributed by atoms with van der Waals surface area (Å²) < 4.78 is 38.1. The van der Waals surface area contributed by atoms with Crippen LogP contribution in [-0.4, -0.2) is 28.3 Å². The van der Waals surface area contributed by atoms with Crippen LogP contribution in [0.1, 0.15) is 18.5 Å². The Kier molecular flexibility index (Phi) is 2.47. The average Bonchev–Trinajstić information content (AvgIpc) is 2.97. The van der Waals surface area contributed by atoms with Gasteiger partial charge in [0.2, 0.25) is 0 Å². The van der Waals surface area contributed by atoms with Crippen LogP contribution in [0.4, 0.5) is 13.2 Å². The van der Waals surface area contributed by atoms with E-state index >= 15 is 0 Å². The van der Waals surface area contributed by atoms with E-state index in [-0.39, 0.29) is 24.0 Å². The second kappa shape index (κ2) is 3.46. The Hall–Kier alpha value is -1.08. The van der Waals surface area contributed by atoms with Crippen molar-refractivity contribution in [3.05, 3.63) is 24.0 Å². The molecule has 1 aliphatic rings. The summed E-state index contributed by atoms with van der Waals surface area (Å²) in [4.78, 5) is 3.66. The van der Waals surface area contributed by atoms with Crippen LogP contribution >= 0.6 is 0 Å². The van der Waals surface area contributed by atoms with Gasteiger partial charge in [0.05, 0.1) is 5.69 Å². The minimum absolute atomic E-state index is 0.0462. The van der Waals surface area contributed by atoms with E-state index in [0.29, 0.717) is 0 Å². The van der Waals surface area contributed by atoms with Crippen molar-refractivity contribution in [1.82, 2.24) is 4.98 Å². The predicted molar refractivity (Wildman–Crippen MR) is 51.0 cm³/mol. The first-order valence-corrected chi connectivity index (χ1v) is 4.76. The van der Waals surface area contributed by atoms with Crippen molar-refractivity contribution in [3.8, 4) is 0 Å². The van der Waals surface area contributed by atoms with Crippen LogP contribution in [-0.2, 0) is 5.41 Å². The highest BCUT2D eigenvalue weighted by Crippen LogP contribution is 2.58. The van der Waals surface area contributed by atoms with Gasteiger partial charge in [-0.25, -0.2) is 0 Å². The zero-order valence-electron chi connectivity index (χ0n) is 8.20. The fraction of sp³-hybridized carbons (Fsp3) is 0.444. The first kappa shape index (κ1) is 11.4. The van der Waals surface area contributed by atoms with Crippen molar-refractivity contribution in [2.24, 2.45) is 0 Å². The third kappa shape index (κ3) is 1.70. The molecule has 0 atom stereocenters. The SMILES string of the molecule is OB(O)c1ccc(C2(C(F)(F)F)CC2)nc1. The zero-order chi connectivity index (χ0) is 12.0. The number of hydrogen-bond acceptors (Lipinski definition) is 3. The fourth-order valence-corrected chi connectivity index (χ4v) is 1.65. The van der Waals surface area contributed by atoms with Gasteiger partial charge in [0, 0.05) is 11.7 Å². The monoisotopic (exact) mass is 231 g/mol. The van der Waals surface area contributed by atoms with Gasteiger partial charge < -0.3 is 10.0 Å². The second-order valence-corrected chi connectivity index (χ2v) is 3.93. The first-order valence-electron chi connectivity index (χ1n) is 4.76. The van der Waals surface area contributed by atoms with Gasteiger partial charge in [0.1, 0.15) is 5.41 Å². The van der Waals surface area contributed by atoms with Crippen LogP contribution < -0.4 is 5.46 Å². The molecule has 0 aliphatic heterocycles. The van der Waals surface area contributed by atoms with Crippen molar-refractivity contribution in [2.75, 3.05) is 0 Å². The number of alkyl halides is 3. The summed E-state index contributed by atoms with van der Waals surface area (Å²) in [5.41, 5.74) is -1.78. The van der Waals surface area contributed by atoms with Crippen LogP contribution in [0.15, 0.2) is 18.3 Å². The van der Waals surface area contributed by atoms with Crippen LogP contribution in [0.2, 0.25) is 0 Å². The topological polar surface area (TPSA) is 53.4 Å². The molecule has 0 aromatic carbocycles. The van der Waals surface area contributed by atoms with Crippen LogP contribution in [0.25, 0.3) is 0 Å². The number of pyridine rings is 1. The van der Waals surface area contributed by atoms with Crippen LogP contribution in [0.3, 0.4) is 0 Å². The normalized spacial score (nSPS) is 18.3. The highest BCUT2D eigenvalue weighted by Gasteiger charge is 2.65. The lowest BCUT2D eigenvalue weighted by Gasteiger charge is -2.18. The third-order valence-electron chi connectivity index (χ3n) is 2.87.